The largest absolute Gasteiger partial charge is 0.490 e. The van der Waals surface area contributed by atoms with Crippen LogP contribution < -0.4 is 5.19 Å². The maximum atomic E-state index is 6.66. The first-order chi connectivity index (χ1) is 14.1. The van der Waals surface area contributed by atoms with Gasteiger partial charge in [0, 0.05) is 0 Å². The van der Waals surface area contributed by atoms with E-state index in [0.29, 0.717) is 11.5 Å². The molecule has 0 amide bonds. The Morgan fingerprint density at radius 2 is 1.60 bits per heavy atom. The van der Waals surface area contributed by atoms with Crippen molar-refractivity contribution in [3.63, 3.8) is 0 Å². The van der Waals surface area contributed by atoms with Gasteiger partial charge in [-0.2, -0.15) is 0 Å². The Balaban J connectivity index is 2.03. The van der Waals surface area contributed by atoms with Crippen LogP contribution in [-0.4, -0.2) is 26.4 Å². The Bertz CT molecular complexity index is 704. The van der Waals surface area contributed by atoms with E-state index >= 15 is 0 Å². The number of hydrogen-bond donors (Lipinski definition) is 0. The molecule has 0 radical (unpaired) electrons. The molecule has 1 aliphatic carbocycles. The number of allylic oxidation sites excluding steroid dienone is 2. The standard InChI is InChI=1S/C26H43BO2Si/c1-8-15-24(30(6,7)22-18-13-10-14-19-22)23(20-21-16-11-9-12-17-21)27-28-25(2,3)26(4,5)29-27/h10,13-14,18-21,24H,8-9,11-12,15-17H2,1-7H3/b23-20+. The average Bonchev–Trinajstić information content (AvgIpc) is 2.93. The summed E-state index contributed by atoms with van der Waals surface area (Å²) in [5, 5.41) is 1.54. The lowest BCUT2D eigenvalue weighted by atomic mass is 9.72. The highest BCUT2D eigenvalue weighted by atomic mass is 28.3. The average molecular weight is 427 g/mol. The molecule has 2 aliphatic rings. The van der Waals surface area contributed by atoms with Crippen molar-refractivity contribution >= 4 is 20.4 Å². The molecule has 0 bridgehead atoms. The number of benzene rings is 1. The van der Waals surface area contributed by atoms with Crippen molar-refractivity contribution < 1.29 is 9.31 Å². The molecule has 1 saturated carbocycles. The van der Waals surface area contributed by atoms with Crippen LogP contribution in [-0.2, 0) is 9.31 Å². The minimum absolute atomic E-state index is 0.219. The third-order valence-corrected chi connectivity index (χ3v) is 12.2. The molecule has 1 heterocycles. The maximum Gasteiger partial charge on any atom is 0.490 e. The van der Waals surface area contributed by atoms with Crippen LogP contribution in [0.2, 0.25) is 18.6 Å². The number of hydrogen-bond acceptors (Lipinski definition) is 2. The molecule has 1 saturated heterocycles. The molecular formula is C26H43BO2Si. The quantitative estimate of drug-likeness (QED) is 0.441. The number of rotatable bonds is 7. The summed E-state index contributed by atoms with van der Waals surface area (Å²) in [4.78, 5) is 0. The van der Waals surface area contributed by atoms with E-state index in [4.69, 9.17) is 9.31 Å². The van der Waals surface area contributed by atoms with Crippen molar-refractivity contribution in [1.29, 1.82) is 0 Å². The van der Waals surface area contributed by atoms with E-state index in [9.17, 15) is 0 Å². The molecule has 2 nitrogen and oxygen atoms in total. The molecule has 1 unspecified atom stereocenters. The lowest BCUT2D eigenvalue weighted by Gasteiger charge is -2.37. The topological polar surface area (TPSA) is 18.5 Å². The lowest BCUT2D eigenvalue weighted by Crippen LogP contribution is -2.48. The molecule has 1 aromatic carbocycles. The third kappa shape index (κ3) is 4.97. The zero-order valence-corrected chi connectivity index (χ0v) is 21.5. The van der Waals surface area contributed by atoms with E-state index in [1.807, 2.05) is 0 Å². The first-order valence-electron chi connectivity index (χ1n) is 12.2. The van der Waals surface area contributed by atoms with Crippen molar-refractivity contribution in [2.24, 2.45) is 5.92 Å². The lowest BCUT2D eigenvalue weighted by molar-refractivity contribution is 0.00578. The summed E-state index contributed by atoms with van der Waals surface area (Å²) in [5.41, 5.74) is 1.39. The van der Waals surface area contributed by atoms with Crippen LogP contribution in [0, 0.1) is 5.92 Å². The predicted octanol–water partition coefficient (Wildman–Crippen LogP) is 6.91. The molecular weight excluding hydrogens is 383 g/mol. The third-order valence-electron chi connectivity index (χ3n) is 7.97. The second-order valence-corrected chi connectivity index (χ2v) is 15.8. The first kappa shape index (κ1) is 23.8. The van der Waals surface area contributed by atoms with Gasteiger partial charge in [0.2, 0.25) is 0 Å². The fraction of sp³-hybridized carbons (Fsp3) is 0.692. The molecule has 166 valence electrons. The monoisotopic (exact) mass is 426 g/mol. The van der Waals surface area contributed by atoms with Crippen LogP contribution in [0.4, 0.5) is 0 Å². The minimum atomic E-state index is -1.77. The molecule has 4 heteroatoms. The molecule has 0 aromatic heterocycles. The summed E-state index contributed by atoms with van der Waals surface area (Å²) in [6.45, 7) is 16.1. The van der Waals surface area contributed by atoms with Crippen molar-refractivity contribution in [3.8, 4) is 0 Å². The maximum absolute atomic E-state index is 6.66. The molecule has 1 atom stereocenters. The fourth-order valence-corrected chi connectivity index (χ4v) is 8.74. The van der Waals surface area contributed by atoms with Crippen molar-refractivity contribution in [1.82, 2.24) is 0 Å². The van der Waals surface area contributed by atoms with Gasteiger partial charge in [-0.1, -0.05) is 87.3 Å². The van der Waals surface area contributed by atoms with Gasteiger partial charge in [0.15, 0.2) is 0 Å². The van der Waals surface area contributed by atoms with E-state index in [-0.39, 0.29) is 18.3 Å². The Morgan fingerprint density at radius 1 is 1.03 bits per heavy atom. The van der Waals surface area contributed by atoms with Gasteiger partial charge < -0.3 is 9.31 Å². The Morgan fingerprint density at radius 3 is 2.13 bits per heavy atom. The van der Waals surface area contributed by atoms with Gasteiger partial charge in [-0.25, -0.2) is 0 Å². The van der Waals surface area contributed by atoms with E-state index in [1.165, 1.54) is 55.6 Å². The van der Waals surface area contributed by atoms with Crippen LogP contribution in [0.1, 0.15) is 79.6 Å². The summed E-state index contributed by atoms with van der Waals surface area (Å²) in [7, 11) is -1.98. The van der Waals surface area contributed by atoms with Crippen LogP contribution in [0.5, 0.6) is 0 Å². The van der Waals surface area contributed by atoms with Crippen molar-refractivity contribution in [3.05, 3.63) is 41.9 Å². The Kier molecular flexibility index (Phi) is 7.42. The Labute approximate surface area is 187 Å². The van der Waals surface area contributed by atoms with Gasteiger partial charge >= 0.3 is 7.12 Å². The summed E-state index contributed by atoms with van der Waals surface area (Å²) < 4.78 is 13.3. The van der Waals surface area contributed by atoms with Gasteiger partial charge in [-0.05, 0) is 63.9 Å². The summed E-state index contributed by atoms with van der Waals surface area (Å²) >= 11 is 0. The highest BCUT2D eigenvalue weighted by Gasteiger charge is 2.54. The SMILES string of the molecule is CCCC(/C(=C\C1CCCCC1)B1OC(C)(C)C(C)(C)O1)[Si](C)(C)c1ccccc1. The highest BCUT2D eigenvalue weighted by molar-refractivity contribution is 6.92. The molecule has 2 fully saturated rings. The van der Waals surface area contributed by atoms with E-state index in [1.54, 1.807) is 0 Å². The van der Waals surface area contributed by atoms with Crippen molar-refractivity contribution in [2.45, 2.75) is 109 Å². The second-order valence-electron chi connectivity index (χ2n) is 11.1. The minimum Gasteiger partial charge on any atom is -0.400 e. The van der Waals surface area contributed by atoms with Gasteiger partial charge in [-0.15, -0.1) is 0 Å². The van der Waals surface area contributed by atoms with Crippen molar-refractivity contribution in [2.75, 3.05) is 0 Å². The van der Waals surface area contributed by atoms with Crippen LogP contribution >= 0.6 is 0 Å². The molecule has 0 spiro atoms. The predicted molar refractivity (Wildman–Crippen MR) is 133 cm³/mol. The molecule has 3 rings (SSSR count). The molecule has 1 aliphatic heterocycles. The van der Waals surface area contributed by atoms with Crippen LogP contribution in [0.15, 0.2) is 41.9 Å². The Hall–Kier alpha value is -0.838. The summed E-state index contributed by atoms with van der Waals surface area (Å²) in [5.74, 6) is 0.674. The van der Waals surface area contributed by atoms with E-state index < -0.39 is 8.07 Å². The van der Waals surface area contributed by atoms with E-state index in [0.717, 1.165) is 0 Å². The molecule has 1 aromatic rings. The van der Waals surface area contributed by atoms with E-state index in [2.05, 4.69) is 84.1 Å². The smallest absolute Gasteiger partial charge is 0.400 e. The highest BCUT2D eigenvalue weighted by Crippen LogP contribution is 2.45. The first-order valence-corrected chi connectivity index (χ1v) is 15.3. The molecule has 0 N–H and O–H groups in total. The summed E-state index contributed by atoms with van der Waals surface area (Å²) in [6, 6.07) is 11.2. The second kappa shape index (κ2) is 9.34. The van der Waals surface area contributed by atoms with Gasteiger partial charge in [0.25, 0.3) is 0 Å². The van der Waals surface area contributed by atoms with Crippen LogP contribution in [0.25, 0.3) is 0 Å². The molecule has 30 heavy (non-hydrogen) atoms. The van der Waals surface area contributed by atoms with Gasteiger partial charge in [-0.3, -0.25) is 0 Å². The summed E-state index contributed by atoms with van der Waals surface area (Å²) in [6.07, 6.45) is 11.7. The van der Waals surface area contributed by atoms with Gasteiger partial charge in [0.1, 0.15) is 0 Å². The van der Waals surface area contributed by atoms with Crippen LogP contribution in [0.3, 0.4) is 0 Å². The van der Waals surface area contributed by atoms with Gasteiger partial charge in [0.05, 0.1) is 19.3 Å². The normalized spacial score (nSPS) is 23.6. The fourth-order valence-electron chi connectivity index (χ4n) is 5.21. The zero-order chi connectivity index (χ0) is 22.0. The zero-order valence-electron chi connectivity index (χ0n) is 20.5.